The zero-order valence-electron chi connectivity index (χ0n) is 10.5. The van der Waals surface area contributed by atoms with Crippen LogP contribution in [0.1, 0.15) is 26.3 Å². The first kappa shape index (κ1) is 12.5. The van der Waals surface area contributed by atoms with E-state index in [4.69, 9.17) is 9.26 Å². The number of tetrazole rings is 1. The number of aryl methyl sites for hydroxylation is 1. The smallest absolute Gasteiger partial charge is 0.260 e. The lowest BCUT2D eigenvalue weighted by atomic mass is 10.2. The minimum Gasteiger partial charge on any atom is -0.473 e. The van der Waals surface area contributed by atoms with Crippen LogP contribution >= 0.6 is 0 Å². The number of aliphatic hydroxyl groups excluding tert-OH is 1. The second-order valence-corrected chi connectivity index (χ2v) is 3.92. The van der Waals surface area contributed by atoms with Crippen LogP contribution in [0.3, 0.4) is 0 Å². The van der Waals surface area contributed by atoms with Crippen molar-refractivity contribution in [1.29, 1.82) is 0 Å². The highest BCUT2D eigenvalue weighted by Crippen LogP contribution is 2.28. The summed E-state index contributed by atoms with van der Waals surface area (Å²) in [7, 11) is 0. The number of rotatable bonds is 5. The van der Waals surface area contributed by atoms with Crippen molar-refractivity contribution in [1.82, 2.24) is 25.4 Å². The number of hydrogen-bond acceptors (Lipinski definition) is 7. The molecule has 0 bridgehead atoms. The normalized spacial score (nSPS) is 11.2. The van der Waals surface area contributed by atoms with Gasteiger partial charge in [0.25, 0.3) is 5.88 Å². The Bertz CT molecular complexity index is 519. The first-order valence-corrected chi connectivity index (χ1v) is 5.70. The fourth-order valence-electron chi connectivity index (χ4n) is 1.39. The minimum absolute atomic E-state index is 0.0625. The second-order valence-electron chi connectivity index (χ2n) is 3.92. The molecule has 18 heavy (non-hydrogen) atoms. The van der Waals surface area contributed by atoms with Gasteiger partial charge in [-0.25, -0.2) is 0 Å². The van der Waals surface area contributed by atoms with Crippen LogP contribution in [0.25, 0.3) is 11.6 Å². The third-order valence-corrected chi connectivity index (χ3v) is 2.20. The highest BCUT2D eigenvalue weighted by molar-refractivity contribution is 5.54. The predicted octanol–water partition coefficient (Wildman–Crippen LogP) is 0.627. The van der Waals surface area contributed by atoms with Crippen LogP contribution < -0.4 is 4.74 Å². The molecule has 0 aromatic carbocycles. The van der Waals surface area contributed by atoms with Gasteiger partial charge in [0.05, 0.1) is 24.8 Å². The van der Waals surface area contributed by atoms with Crippen LogP contribution in [0.4, 0.5) is 0 Å². The molecule has 2 aromatic rings. The molecule has 0 aliphatic rings. The third-order valence-electron chi connectivity index (χ3n) is 2.20. The Morgan fingerprint density at radius 1 is 1.44 bits per heavy atom. The highest BCUT2D eigenvalue weighted by atomic mass is 16.5. The molecule has 2 rings (SSSR count). The molecule has 0 saturated carbocycles. The minimum atomic E-state index is -0.262. The molecule has 0 aliphatic heterocycles. The van der Waals surface area contributed by atoms with Gasteiger partial charge in [0, 0.05) is 0 Å². The van der Waals surface area contributed by atoms with E-state index in [0.717, 1.165) is 0 Å². The summed E-state index contributed by atoms with van der Waals surface area (Å²) in [6, 6.07) is 0. The Hall–Kier alpha value is -1.96. The molecule has 0 atom stereocenters. The SMILES string of the molecule is CCn1nnc(-c2onc(OC(C)C)c2CO)n1. The zero-order chi connectivity index (χ0) is 13.1. The standard InChI is InChI=1S/C10H15N5O3/c1-4-15-12-9(11-14-15)8-7(5-16)10(13-18-8)17-6(2)3/h6,16H,4-5H2,1-3H3. The van der Waals surface area contributed by atoms with Crippen LogP contribution in [-0.2, 0) is 13.2 Å². The third kappa shape index (κ3) is 2.33. The maximum Gasteiger partial charge on any atom is 0.260 e. The summed E-state index contributed by atoms with van der Waals surface area (Å²) >= 11 is 0. The molecular formula is C10H15N5O3. The zero-order valence-corrected chi connectivity index (χ0v) is 10.5. The number of aliphatic hydroxyl groups is 1. The van der Waals surface area contributed by atoms with E-state index in [-0.39, 0.29) is 30.2 Å². The number of hydrogen-bond donors (Lipinski definition) is 1. The van der Waals surface area contributed by atoms with Crippen molar-refractivity contribution in [2.24, 2.45) is 0 Å². The number of aromatic nitrogens is 5. The fourth-order valence-corrected chi connectivity index (χ4v) is 1.39. The van der Waals surface area contributed by atoms with E-state index >= 15 is 0 Å². The maximum absolute atomic E-state index is 9.36. The van der Waals surface area contributed by atoms with Crippen LogP contribution in [0, 0.1) is 0 Å². The Morgan fingerprint density at radius 3 is 2.78 bits per heavy atom. The predicted molar refractivity (Wildman–Crippen MR) is 60.7 cm³/mol. The van der Waals surface area contributed by atoms with Crippen molar-refractivity contribution in [3.8, 4) is 17.5 Å². The van der Waals surface area contributed by atoms with Crippen molar-refractivity contribution >= 4 is 0 Å². The average molecular weight is 253 g/mol. The molecule has 2 aromatic heterocycles. The van der Waals surface area contributed by atoms with Gasteiger partial charge in [-0.3, -0.25) is 0 Å². The molecule has 98 valence electrons. The highest BCUT2D eigenvalue weighted by Gasteiger charge is 2.22. The summed E-state index contributed by atoms with van der Waals surface area (Å²) in [4.78, 5) is 1.42. The Kier molecular flexibility index (Phi) is 3.56. The largest absolute Gasteiger partial charge is 0.473 e. The van der Waals surface area contributed by atoms with Crippen LogP contribution in [0.2, 0.25) is 0 Å². The molecule has 8 nitrogen and oxygen atoms in total. The Balaban J connectivity index is 2.35. The van der Waals surface area contributed by atoms with Gasteiger partial charge in [0.1, 0.15) is 0 Å². The maximum atomic E-state index is 9.36. The first-order valence-electron chi connectivity index (χ1n) is 5.70. The second kappa shape index (κ2) is 5.13. The van der Waals surface area contributed by atoms with Gasteiger partial charge in [-0.2, -0.15) is 4.80 Å². The summed E-state index contributed by atoms with van der Waals surface area (Å²) in [5, 5.41) is 24.9. The van der Waals surface area contributed by atoms with Crippen LogP contribution in [-0.4, -0.2) is 36.6 Å². The molecule has 0 saturated heterocycles. The van der Waals surface area contributed by atoms with E-state index < -0.39 is 0 Å². The van der Waals surface area contributed by atoms with Gasteiger partial charge in [-0.15, -0.1) is 10.2 Å². The molecule has 0 spiro atoms. The molecule has 8 heteroatoms. The summed E-state index contributed by atoms with van der Waals surface area (Å²) in [5.74, 6) is 0.829. The van der Waals surface area contributed by atoms with E-state index in [2.05, 4.69) is 20.6 Å². The molecule has 0 unspecified atom stereocenters. The number of nitrogens with zero attached hydrogens (tertiary/aromatic N) is 5. The van der Waals surface area contributed by atoms with Crippen molar-refractivity contribution < 1.29 is 14.4 Å². The van der Waals surface area contributed by atoms with Crippen molar-refractivity contribution in [3.63, 3.8) is 0 Å². The van der Waals surface area contributed by atoms with E-state index in [1.54, 1.807) is 0 Å². The molecule has 0 amide bonds. The van der Waals surface area contributed by atoms with Gasteiger partial charge in [-0.05, 0) is 31.1 Å². The monoisotopic (exact) mass is 253 g/mol. The van der Waals surface area contributed by atoms with Gasteiger partial charge in [-0.1, -0.05) is 0 Å². The van der Waals surface area contributed by atoms with E-state index in [1.165, 1.54) is 4.80 Å². The van der Waals surface area contributed by atoms with E-state index in [1.807, 2.05) is 20.8 Å². The summed E-state index contributed by atoms with van der Waals surface area (Å²) in [6.07, 6.45) is -0.0625. The van der Waals surface area contributed by atoms with Gasteiger partial charge < -0.3 is 14.4 Å². The quantitative estimate of drug-likeness (QED) is 0.834. The Labute approximate surface area is 104 Å². The summed E-state index contributed by atoms with van der Waals surface area (Å²) in [5.41, 5.74) is 0.430. The Morgan fingerprint density at radius 2 is 2.22 bits per heavy atom. The van der Waals surface area contributed by atoms with Crippen LogP contribution in [0.15, 0.2) is 4.52 Å². The topological polar surface area (TPSA) is 99.1 Å². The lowest BCUT2D eigenvalue weighted by Gasteiger charge is -2.06. The van der Waals surface area contributed by atoms with Gasteiger partial charge in [0.15, 0.2) is 0 Å². The molecular weight excluding hydrogens is 238 g/mol. The lowest BCUT2D eigenvalue weighted by Crippen LogP contribution is -2.07. The van der Waals surface area contributed by atoms with Crippen molar-refractivity contribution in [2.75, 3.05) is 0 Å². The van der Waals surface area contributed by atoms with Crippen molar-refractivity contribution in [2.45, 2.75) is 40.0 Å². The molecule has 0 radical (unpaired) electrons. The van der Waals surface area contributed by atoms with Gasteiger partial charge in [0.2, 0.25) is 11.6 Å². The molecule has 2 heterocycles. The number of ether oxygens (including phenoxy) is 1. The first-order chi connectivity index (χ1) is 8.65. The van der Waals surface area contributed by atoms with Crippen molar-refractivity contribution in [3.05, 3.63) is 5.56 Å². The van der Waals surface area contributed by atoms with Crippen LogP contribution in [0.5, 0.6) is 5.88 Å². The van der Waals surface area contributed by atoms with Gasteiger partial charge >= 0.3 is 0 Å². The van der Waals surface area contributed by atoms with E-state index in [9.17, 15) is 5.11 Å². The average Bonchev–Trinajstić information content (AvgIpc) is 2.93. The summed E-state index contributed by atoms with van der Waals surface area (Å²) in [6.45, 7) is 5.96. The van der Waals surface area contributed by atoms with E-state index in [0.29, 0.717) is 12.1 Å². The molecule has 1 N–H and O–H groups in total. The lowest BCUT2D eigenvalue weighted by molar-refractivity contribution is 0.209. The molecule has 0 aliphatic carbocycles. The summed E-state index contributed by atoms with van der Waals surface area (Å²) < 4.78 is 10.5. The fraction of sp³-hybridized carbons (Fsp3) is 0.600. The molecule has 0 fully saturated rings.